The molecule has 1 aliphatic heterocycles. The van der Waals surface area contributed by atoms with Gasteiger partial charge in [0.05, 0.1) is 17.7 Å². The maximum Gasteiger partial charge on any atom is 0.327 e. The van der Waals surface area contributed by atoms with Crippen molar-refractivity contribution in [3.05, 3.63) is 54.9 Å². The van der Waals surface area contributed by atoms with E-state index >= 15 is 0 Å². The second kappa shape index (κ2) is 7.67. The van der Waals surface area contributed by atoms with Gasteiger partial charge in [0.25, 0.3) is 0 Å². The van der Waals surface area contributed by atoms with Gasteiger partial charge in [-0.2, -0.15) is 0 Å². The standard InChI is InChI=1S/C20H23N5O2/c1-21-15-12-24(13-15)17-8-5-9-18-19(17)23-14-25(18)20(26)22-10-11-27-16-6-3-2-4-7-16/h2-9,14-15,21H,10-13H2,1H3,(H,22,26). The second-order valence-electron chi connectivity index (χ2n) is 6.54. The molecule has 2 heterocycles. The number of fused-ring (bicyclic) bond motifs is 1. The Kier molecular flexibility index (Phi) is 4.93. The maximum atomic E-state index is 12.5. The molecular weight excluding hydrogens is 342 g/mol. The van der Waals surface area contributed by atoms with Gasteiger partial charge in [-0.25, -0.2) is 9.78 Å². The third kappa shape index (κ3) is 3.59. The number of para-hydroxylation sites is 2. The van der Waals surface area contributed by atoms with E-state index in [0.29, 0.717) is 19.2 Å². The first-order valence-electron chi connectivity index (χ1n) is 9.10. The largest absolute Gasteiger partial charge is 0.492 e. The Bertz CT molecular complexity index is 919. The fourth-order valence-electron chi connectivity index (χ4n) is 3.23. The van der Waals surface area contributed by atoms with E-state index in [1.54, 1.807) is 10.9 Å². The highest BCUT2D eigenvalue weighted by atomic mass is 16.5. The Morgan fingerprint density at radius 1 is 1.19 bits per heavy atom. The van der Waals surface area contributed by atoms with E-state index in [1.165, 1.54) is 0 Å². The summed E-state index contributed by atoms with van der Waals surface area (Å²) in [7, 11) is 1.98. The first-order chi connectivity index (χ1) is 13.3. The molecule has 7 nitrogen and oxygen atoms in total. The molecule has 0 atom stereocenters. The topological polar surface area (TPSA) is 71.4 Å². The monoisotopic (exact) mass is 365 g/mol. The molecule has 0 aliphatic carbocycles. The van der Waals surface area contributed by atoms with Crippen LogP contribution in [-0.2, 0) is 0 Å². The van der Waals surface area contributed by atoms with E-state index in [9.17, 15) is 4.79 Å². The SMILES string of the molecule is CNC1CN(c2cccc3c2ncn3C(=O)NCCOc2ccccc2)C1. The zero-order valence-corrected chi connectivity index (χ0v) is 15.3. The Labute approximate surface area is 157 Å². The fourth-order valence-corrected chi connectivity index (χ4v) is 3.23. The smallest absolute Gasteiger partial charge is 0.327 e. The van der Waals surface area contributed by atoms with Gasteiger partial charge < -0.3 is 20.3 Å². The van der Waals surface area contributed by atoms with E-state index in [0.717, 1.165) is 35.6 Å². The van der Waals surface area contributed by atoms with Gasteiger partial charge in [-0.3, -0.25) is 4.57 Å². The zero-order valence-electron chi connectivity index (χ0n) is 15.3. The third-order valence-electron chi connectivity index (χ3n) is 4.79. The van der Waals surface area contributed by atoms with Crippen LogP contribution < -0.4 is 20.3 Å². The number of carbonyl (C=O) groups is 1. The van der Waals surface area contributed by atoms with Crippen molar-refractivity contribution in [2.45, 2.75) is 6.04 Å². The quantitative estimate of drug-likeness (QED) is 0.655. The van der Waals surface area contributed by atoms with Crippen LogP contribution in [-0.4, -0.2) is 54.9 Å². The molecule has 4 rings (SSSR count). The van der Waals surface area contributed by atoms with Gasteiger partial charge in [-0.05, 0) is 31.3 Å². The number of hydrogen-bond donors (Lipinski definition) is 2. The summed E-state index contributed by atoms with van der Waals surface area (Å²) < 4.78 is 7.15. The van der Waals surface area contributed by atoms with Crippen molar-refractivity contribution < 1.29 is 9.53 Å². The van der Waals surface area contributed by atoms with Crippen LogP contribution in [0.4, 0.5) is 10.5 Å². The summed E-state index contributed by atoms with van der Waals surface area (Å²) in [6.07, 6.45) is 1.58. The van der Waals surface area contributed by atoms with Gasteiger partial charge in [0.1, 0.15) is 24.2 Å². The minimum absolute atomic E-state index is 0.206. The molecule has 1 amide bonds. The number of hydrogen-bond acceptors (Lipinski definition) is 5. The molecule has 2 aromatic carbocycles. The minimum atomic E-state index is -0.206. The van der Waals surface area contributed by atoms with E-state index < -0.39 is 0 Å². The predicted octanol–water partition coefficient (Wildman–Crippen LogP) is 2.08. The van der Waals surface area contributed by atoms with Crippen molar-refractivity contribution in [2.24, 2.45) is 0 Å². The number of aromatic nitrogens is 2. The molecule has 3 aromatic rings. The first kappa shape index (κ1) is 17.4. The van der Waals surface area contributed by atoms with Crippen LogP contribution in [0.2, 0.25) is 0 Å². The number of likely N-dealkylation sites (N-methyl/N-ethyl adjacent to an activating group) is 1. The third-order valence-corrected chi connectivity index (χ3v) is 4.79. The highest BCUT2D eigenvalue weighted by Gasteiger charge is 2.27. The summed E-state index contributed by atoms with van der Waals surface area (Å²) in [4.78, 5) is 19.3. The first-order valence-corrected chi connectivity index (χ1v) is 9.10. The average Bonchev–Trinajstić information content (AvgIpc) is 3.10. The summed E-state index contributed by atoms with van der Waals surface area (Å²) in [5.41, 5.74) is 2.72. The van der Waals surface area contributed by atoms with Crippen LogP contribution in [0.5, 0.6) is 5.75 Å². The number of amides is 1. The lowest BCUT2D eigenvalue weighted by Crippen LogP contribution is -2.57. The number of carbonyl (C=O) groups excluding carboxylic acids is 1. The maximum absolute atomic E-state index is 12.5. The lowest BCUT2D eigenvalue weighted by Gasteiger charge is -2.40. The Hall–Kier alpha value is -3.06. The molecule has 2 N–H and O–H groups in total. The molecular formula is C20H23N5O2. The van der Waals surface area contributed by atoms with Crippen LogP contribution in [0.1, 0.15) is 0 Å². The van der Waals surface area contributed by atoms with E-state index in [4.69, 9.17) is 4.74 Å². The van der Waals surface area contributed by atoms with Crippen molar-refractivity contribution in [1.29, 1.82) is 0 Å². The lowest BCUT2D eigenvalue weighted by atomic mass is 10.1. The van der Waals surface area contributed by atoms with Crippen molar-refractivity contribution in [2.75, 3.05) is 38.2 Å². The predicted molar refractivity (Wildman–Crippen MR) is 106 cm³/mol. The molecule has 7 heteroatoms. The van der Waals surface area contributed by atoms with Gasteiger partial charge in [-0.1, -0.05) is 24.3 Å². The number of nitrogens with one attached hydrogen (secondary N) is 2. The highest BCUT2D eigenvalue weighted by Crippen LogP contribution is 2.28. The number of imidazole rings is 1. The van der Waals surface area contributed by atoms with Crippen LogP contribution >= 0.6 is 0 Å². The van der Waals surface area contributed by atoms with E-state index in [1.807, 2.05) is 49.5 Å². The lowest BCUT2D eigenvalue weighted by molar-refractivity contribution is 0.238. The summed E-state index contributed by atoms with van der Waals surface area (Å²) in [5, 5.41) is 6.15. The van der Waals surface area contributed by atoms with Gasteiger partial charge >= 0.3 is 6.03 Å². The van der Waals surface area contributed by atoms with Crippen molar-refractivity contribution in [3.8, 4) is 5.75 Å². The van der Waals surface area contributed by atoms with Crippen LogP contribution in [0.15, 0.2) is 54.9 Å². The number of nitrogens with zero attached hydrogens (tertiary/aromatic N) is 3. The summed E-state index contributed by atoms with van der Waals surface area (Å²) in [6.45, 7) is 2.73. The van der Waals surface area contributed by atoms with Gasteiger partial charge in [0.15, 0.2) is 0 Å². The van der Waals surface area contributed by atoms with Gasteiger partial charge in [0.2, 0.25) is 0 Å². The average molecular weight is 365 g/mol. The Balaban J connectivity index is 1.39. The molecule has 1 fully saturated rings. The van der Waals surface area contributed by atoms with Crippen molar-refractivity contribution in [1.82, 2.24) is 20.2 Å². The molecule has 0 unspecified atom stereocenters. The molecule has 0 bridgehead atoms. The number of rotatable bonds is 6. The summed E-state index contributed by atoms with van der Waals surface area (Å²) >= 11 is 0. The molecule has 140 valence electrons. The molecule has 0 saturated carbocycles. The Morgan fingerprint density at radius 2 is 2.00 bits per heavy atom. The fraction of sp³-hybridized carbons (Fsp3) is 0.300. The Morgan fingerprint density at radius 3 is 2.78 bits per heavy atom. The zero-order chi connectivity index (χ0) is 18.6. The molecule has 1 aromatic heterocycles. The minimum Gasteiger partial charge on any atom is -0.492 e. The van der Waals surface area contributed by atoms with E-state index in [-0.39, 0.29) is 6.03 Å². The van der Waals surface area contributed by atoms with Crippen LogP contribution in [0.3, 0.4) is 0 Å². The number of benzene rings is 2. The molecule has 0 spiro atoms. The van der Waals surface area contributed by atoms with Crippen LogP contribution in [0.25, 0.3) is 11.0 Å². The molecule has 0 radical (unpaired) electrons. The normalized spacial score (nSPS) is 14.2. The van der Waals surface area contributed by atoms with Crippen LogP contribution in [0, 0.1) is 0 Å². The van der Waals surface area contributed by atoms with Gasteiger partial charge in [-0.15, -0.1) is 0 Å². The van der Waals surface area contributed by atoms with Gasteiger partial charge in [0, 0.05) is 19.1 Å². The molecule has 1 saturated heterocycles. The number of anilines is 1. The summed E-state index contributed by atoms with van der Waals surface area (Å²) in [5.74, 6) is 0.791. The second-order valence-corrected chi connectivity index (χ2v) is 6.54. The van der Waals surface area contributed by atoms with E-state index in [2.05, 4.69) is 26.6 Å². The highest BCUT2D eigenvalue weighted by molar-refractivity contribution is 5.95. The number of ether oxygens (including phenoxy) is 1. The van der Waals surface area contributed by atoms with Crippen molar-refractivity contribution >= 4 is 22.8 Å². The summed E-state index contributed by atoms with van der Waals surface area (Å²) in [6, 6.07) is 15.8. The molecule has 1 aliphatic rings. The molecule has 27 heavy (non-hydrogen) atoms. The van der Waals surface area contributed by atoms with Crippen molar-refractivity contribution in [3.63, 3.8) is 0 Å².